The average Bonchev–Trinajstić information content (AvgIpc) is 3.43. The summed E-state index contributed by atoms with van der Waals surface area (Å²) in [6.07, 6.45) is 5.45. The van der Waals surface area contributed by atoms with Crippen LogP contribution in [0.1, 0.15) is 27.7 Å². The minimum absolute atomic E-state index is 0.0306. The Balaban J connectivity index is 1.20. The van der Waals surface area contributed by atoms with Crippen molar-refractivity contribution in [2.45, 2.75) is 12.5 Å². The smallest absolute Gasteiger partial charge is 0.253 e. The van der Waals surface area contributed by atoms with E-state index in [1.54, 1.807) is 23.9 Å². The average molecular weight is 391 g/mol. The van der Waals surface area contributed by atoms with Crippen molar-refractivity contribution in [2.24, 2.45) is 0 Å². The number of imidazole rings is 1. The molecule has 28 heavy (non-hydrogen) atoms. The molecule has 0 bridgehead atoms. The van der Waals surface area contributed by atoms with Crippen LogP contribution in [0.15, 0.2) is 64.3 Å². The van der Waals surface area contributed by atoms with Crippen LogP contribution in [0.4, 0.5) is 0 Å². The number of likely N-dealkylation sites (tertiary alicyclic amines) is 1. The minimum Gasteiger partial charge on any atom is -0.339 e. The molecular weight excluding hydrogens is 374 g/mol. The molecule has 7 nitrogen and oxygen atoms in total. The summed E-state index contributed by atoms with van der Waals surface area (Å²) in [5.41, 5.74) is 2.78. The maximum atomic E-state index is 12.7. The predicted octanol–water partition coefficient (Wildman–Crippen LogP) is 3.28. The molecular formula is C20H17N5O2S. The summed E-state index contributed by atoms with van der Waals surface area (Å²) in [6, 6.07) is 9.68. The second-order valence-corrected chi connectivity index (χ2v) is 7.59. The first-order chi connectivity index (χ1) is 13.8. The molecule has 1 saturated heterocycles. The standard InChI is InChI=1S/C20H17N5O2S/c26-20(15-3-1-14(2-4-15)9-24-7-6-21-13-24)25-10-17(11-25)19-22-18(23-27-19)16-5-8-28-12-16/h1-8,12-13,17H,9-11H2. The van der Waals surface area contributed by atoms with Gasteiger partial charge in [0, 0.05) is 48.5 Å². The Morgan fingerprint density at radius 1 is 1.21 bits per heavy atom. The molecule has 0 spiro atoms. The van der Waals surface area contributed by atoms with Gasteiger partial charge in [-0.1, -0.05) is 17.3 Å². The third-order valence-corrected chi connectivity index (χ3v) is 5.55. The predicted molar refractivity (Wildman–Crippen MR) is 104 cm³/mol. The van der Waals surface area contributed by atoms with Crippen molar-refractivity contribution in [1.82, 2.24) is 24.6 Å². The van der Waals surface area contributed by atoms with E-state index < -0.39 is 0 Å². The van der Waals surface area contributed by atoms with Gasteiger partial charge in [0.25, 0.3) is 5.91 Å². The molecule has 1 aromatic carbocycles. The Bertz CT molecular complexity index is 1060. The normalized spacial score (nSPS) is 14.2. The van der Waals surface area contributed by atoms with Crippen LogP contribution in [0.2, 0.25) is 0 Å². The van der Waals surface area contributed by atoms with E-state index in [0.717, 1.165) is 17.7 Å². The summed E-state index contributed by atoms with van der Waals surface area (Å²) in [5, 5.41) is 8.01. The molecule has 5 rings (SSSR count). The van der Waals surface area contributed by atoms with E-state index in [0.29, 0.717) is 30.4 Å². The third-order valence-electron chi connectivity index (χ3n) is 4.86. The van der Waals surface area contributed by atoms with Gasteiger partial charge in [-0.3, -0.25) is 4.79 Å². The maximum Gasteiger partial charge on any atom is 0.253 e. The van der Waals surface area contributed by atoms with Crippen LogP contribution >= 0.6 is 11.3 Å². The summed E-state index contributed by atoms with van der Waals surface area (Å²) in [7, 11) is 0. The molecule has 0 unspecified atom stereocenters. The molecule has 0 radical (unpaired) electrons. The van der Waals surface area contributed by atoms with E-state index in [1.165, 1.54) is 0 Å². The van der Waals surface area contributed by atoms with Gasteiger partial charge in [0.05, 0.1) is 12.2 Å². The quantitative estimate of drug-likeness (QED) is 0.522. The first kappa shape index (κ1) is 16.9. The Morgan fingerprint density at radius 3 is 2.79 bits per heavy atom. The molecule has 0 aliphatic carbocycles. The lowest BCUT2D eigenvalue weighted by molar-refractivity contribution is 0.0569. The van der Waals surface area contributed by atoms with Gasteiger partial charge in [-0.15, -0.1) is 0 Å². The van der Waals surface area contributed by atoms with Gasteiger partial charge < -0.3 is 14.0 Å². The fourth-order valence-electron chi connectivity index (χ4n) is 3.24. The molecule has 0 atom stereocenters. The number of carbonyl (C=O) groups is 1. The zero-order valence-corrected chi connectivity index (χ0v) is 15.7. The first-order valence-corrected chi connectivity index (χ1v) is 9.91. The highest BCUT2D eigenvalue weighted by atomic mass is 32.1. The van der Waals surface area contributed by atoms with E-state index in [4.69, 9.17) is 4.52 Å². The number of hydrogen-bond donors (Lipinski definition) is 0. The molecule has 1 aliphatic rings. The topological polar surface area (TPSA) is 77.1 Å². The second kappa shape index (κ2) is 7.05. The van der Waals surface area contributed by atoms with E-state index in [1.807, 2.05) is 56.8 Å². The molecule has 1 aliphatic heterocycles. The van der Waals surface area contributed by atoms with Crippen molar-refractivity contribution < 1.29 is 9.32 Å². The first-order valence-electron chi connectivity index (χ1n) is 8.96. The molecule has 4 heterocycles. The number of carbonyl (C=O) groups excluding carboxylic acids is 1. The van der Waals surface area contributed by atoms with Crippen LogP contribution in [-0.2, 0) is 6.54 Å². The number of amides is 1. The van der Waals surface area contributed by atoms with Crippen molar-refractivity contribution in [3.05, 3.63) is 76.8 Å². The Kier molecular flexibility index (Phi) is 4.25. The number of benzene rings is 1. The van der Waals surface area contributed by atoms with E-state index >= 15 is 0 Å². The van der Waals surface area contributed by atoms with Crippen molar-refractivity contribution in [2.75, 3.05) is 13.1 Å². The van der Waals surface area contributed by atoms with Crippen molar-refractivity contribution >= 4 is 17.2 Å². The summed E-state index contributed by atoms with van der Waals surface area (Å²) in [6.45, 7) is 1.94. The molecule has 1 amide bonds. The van der Waals surface area contributed by atoms with Gasteiger partial charge in [0.2, 0.25) is 11.7 Å². The molecule has 4 aromatic rings. The summed E-state index contributed by atoms with van der Waals surface area (Å²) in [4.78, 5) is 23.0. The lowest BCUT2D eigenvalue weighted by Crippen LogP contribution is -2.48. The highest BCUT2D eigenvalue weighted by Crippen LogP contribution is 2.29. The number of nitrogens with zero attached hydrogens (tertiary/aromatic N) is 5. The van der Waals surface area contributed by atoms with Crippen LogP contribution in [-0.4, -0.2) is 43.6 Å². The lowest BCUT2D eigenvalue weighted by Gasteiger charge is -2.37. The van der Waals surface area contributed by atoms with Crippen LogP contribution in [0, 0.1) is 0 Å². The van der Waals surface area contributed by atoms with Gasteiger partial charge in [-0.05, 0) is 29.1 Å². The largest absolute Gasteiger partial charge is 0.339 e. The summed E-state index contributed by atoms with van der Waals surface area (Å²) < 4.78 is 7.38. The summed E-state index contributed by atoms with van der Waals surface area (Å²) in [5.74, 6) is 1.34. The van der Waals surface area contributed by atoms with Gasteiger partial charge in [0.1, 0.15) is 0 Å². The zero-order valence-electron chi connectivity index (χ0n) is 14.9. The molecule has 1 fully saturated rings. The highest BCUT2D eigenvalue weighted by molar-refractivity contribution is 7.08. The van der Waals surface area contributed by atoms with Crippen molar-refractivity contribution in [1.29, 1.82) is 0 Å². The van der Waals surface area contributed by atoms with E-state index in [-0.39, 0.29) is 11.8 Å². The Morgan fingerprint density at radius 2 is 2.07 bits per heavy atom. The number of aromatic nitrogens is 4. The van der Waals surface area contributed by atoms with Gasteiger partial charge in [-0.2, -0.15) is 16.3 Å². The van der Waals surface area contributed by atoms with Gasteiger partial charge in [-0.25, -0.2) is 4.98 Å². The van der Waals surface area contributed by atoms with Crippen LogP contribution in [0.5, 0.6) is 0 Å². The second-order valence-electron chi connectivity index (χ2n) is 6.81. The lowest BCUT2D eigenvalue weighted by atomic mass is 9.98. The third kappa shape index (κ3) is 3.22. The molecule has 0 N–H and O–H groups in total. The summed E-state index contributed by atoms with van der Waals surface area (Å²) >= 11 is 1.60. The molecule has 3 aromatic heterocycles. The monoisotopic (exact) mass is 391 g/mol. The highest BCUT2D eigenvalue weighted by Gasteiger charge is 2.36. The van der Waals surface area contributed by atoms with Crippen molar-refractivity contribution in [3.63, 3.8) is 0 Å². The maximum absolute atomic E-state index is 12.7. The Hall–Kier alpha value is -3.26. The molecule has 8 heteroatoms. The van der Waals surface area contributed by atoms with E-state index in [2.05, 4.69) is 15.1 Å². The van der Waals surface area contributed by atoms with Crippen LogP contribution in [0.3, 0.4) is 0 Å². The number of thiophene rings is 1. The fourth-order valence-corrected chi connectivity index (χ4v) is 3.87. The van der Waals surface area contributed by atoms with E-state index in [9.17, 15) is 4.79 Å². The van der Waals surface area contributed by atoms with Crippen molar-refractivity contribution in [3.8, 4) is 11.4 Å². The number of rotatable bonds is 5. The number of hydrogen-bond acceptors (Lipinski definition) is 6. The van der Waals surface area contributed by atoms with Gasteiger partial charge >= 0.3 is 0 Å². The Labute approximate surface area is 165 Å². The van der Waals surface area contributed by atoms with Crippen LogP contribution < -0.4 is 0 Å². The van der Waals surface area contributed by atoms with Gasteiger partial charge in [0.15, 0.2) is 0 Å². The zero-order chi connectivity index (χ0) is 18.9. The molecule has 140 valence electrons. The fraction of sp³-hybridized carbons (Fsp3) is 0.200. The minimum atomic E-state index is 0.0306. The van der Waals surface area contributed by atoms with Crippen LogP contribution in [0.25, 0.3) is 11.4 Å². The molecule has 0 saturated carbocycles. The SMILES string of the molecule is O=C(c1ccc(Cn2ccnc2)cc1)N1CC(c2nc(-c3ccsc3)no2)C1.